The molecule has 8 nitrogen and oxygen atoms in total. The summed E-state index contributed by atoms with van der Waals surface area (Å²) >= 11 is 0. The average Bonchev–Trinajstić information content (AvgIpc) is 2.54. The fourth-order valence-electron chi connectivity index (χ4n) is 3.75. The summed E-state index contributed by atoms with van der Waals surface area (Å²) in [6.45, 7) is 16.4. The lowest BCUT2D eigenvalue weighted by Crippen LogP contribution is -2.56. The van der Waals surface area contributed by atoms with E-state index in [2.05, 4.69) is 5.32 Å². The predicted molar refractivity (Wildman–Crippen MR) is 123 cm³/mol. The first-order valence-corrected chi connectivity index (χ1v) is 11.6. The van der Waals surface area contributed by atoms with E-state index >= 15 is 0 Å². The van der Waals surface area contributed by atoms with Gasteiger partial charge in [0.25, 0.3) is 0 Å². The number of carbonyl (C=O) groups excluding carboxylic acids is 3. The van der Waals surface area contributed by atoms with Crippen LogP contribution in [-0.2, 0) is 28.6 Å². The second-order valence-corrected chi connectivity index (χ2v) is 11.5. The lowest BCUT2D eigenvalue weighted by molar-refractivity contribution is -0.162. The topological polar surface area (TPSA) is 94.2 Å². The molecule has 186 valence electrons. The zero-order valence-corrected chi connectivity index (χ0v) is 21.5. The smallest absolute Gasteiger partial charge is 0.320 e. The molecule has 1 N–H and O–H groups in total. The first-order valence-electron chi connectivity index (χ1n) is 11.6. The lowest BCUT2D eigenvalue weighted by Gasteiger charge is -2.40. The van der Waals surface area contributed by atoms with Crippen LogP contribution < -0.4 is 5.32 Å². The van der Waals surface area contributed by atoms with Crippen LogP contribution in [-0.4, -0.2) is 71.3 Å². The fourth-order valence-corrected chi connectivity index (χ4v) is 3.75. The molecule has 0 amide bonds. The van der Waals surface area contributed by atoms with Gasteiger partial charge in [0.15, 0.2) is 0 Å². The van der Waals surface area contributed by atoms with Gasteiger partial charge in [-0.2, -0.15) is 0 Å². The Labute approximate surface area is 193 Å². The molecule has 0 aliphatic heterocycles. The number of ether oxygens (including phenoxy) is 3. The molecular formula is C24H44N2O6. The van der Waals surface area contributed by atoms with Gasteiger partial charge >= 0.3 is 17.9 Å². The summed E-state index contributed by atoms with van der Waals surface area (Å²) in [5.41, 5.74) is -1.78. The van der Waals surface area contributed by atoms with Gasteiger partial charge in [0.1, 0.15) is 16.8 Å². The Kier molecular flexibility index (Phi) is 10.2. The van der Waals surface area contributed by atoms with Gasteiger partial charge in [-0.3, -0.25) is 19.3 Å². The van der Waals surface area contributed by atoms with Gasteiger partial charge in [-0.1, -0.05) is 12.8 Å². The highest BCUT2D eigenvalue weighted by molar-refractivity contribution is 5.75. The summed E-state index contributed by atoms with van der Waals surface area (Å²) in [5.74, 6) is -1.11. The summed E-state index contributed by atoms with van der Waals surface area (Å²) in [5, 5.41) is 3.30. The van der Waals surface area contributed by atoms with Crippen molar-refractivity contribution in [2.75, 3.05) is 19.6 Å². The summed E-state index contributed by atoms with van der Waals surface area (Å²) in [6, 6.07) is -0.160. The van der Waals surface area contributed by atoms with Gasteiger partial charge in [0.2, 0.25) is 0 Å². The van der Waals surface area contributed by atoms with Gasteiger partial charge in [-0.15, -0.1) is 0 Å². The van der Waals surface area contributed by atoms with E-state index in [9.17, 15) is 14.4 Å². The third-order valence-corrected chi connectivity index (χ3v) is 4.63. The molecule has 2 unspecified atom stereocenters. The highest BCUT2D eigenvalue weighted by Gasteiger charge is 2.34. The Morgan fingerprint density at radius 2 is 1.12 bits per heavy atom. The van der Waals surface area contributed by atoms with Crippen LogP contribution in [0, 0.1) is 0 Å². The van der Waals surface area contributed by atoms with Gasteiger partial charge in [0.05, 0.1) is 19.6 Å². The molecule has 0 aromatic carbocycles. The molecule has 0 heterocycles. The second-order valence-electron chi connectivity index (χ2n) is 11.5. The van der Waals surface area contributed by atoms with Gasteiger partial charge < -0.3 is 19.5 Å². The number of nitrogens with zero attached hydrogens (tertiary/aromatic N) is 1. The molecule has 0 bridgehead atoms. The van der Waals surface area contributed by atoms with E-state index < -0.39 is 28.7 Å². The van der Waals surface area contributed by atoms with Crippen LogP contribution in [0.25, 0.3) is 0 Å². The Morgan fingerprint density at radius 1 is 0.719 bits per heavy atom. The molecule has 0 aromatic rings. The molecule has 0 aromatic heterocycles. The third-order valence-electron chi connectivity index (χ3n) is 4.63. The SMILES string of the molecule is CC(C)(C)OC(=O)CNC1CCCCC1N(CC(=O)OC(C)(C)C)CC(=O)OC(C)(C)C. The van der Waals surface area contributed by atoms with Crippen molar-refractivity contribution in [2.24, 2.45) is 0 Å². The van der Waals surface area contributed by atoms with E-state index in [0.29, 0.717) is 0 Å². The first-order chi connectivity index (χ1) is 14.5. The van der Waals surface area contributed by atoms with E-state index in [1.165, 1.54) is 0 Å². The van der Waals surface area contributed by atoms with Crippen LogP contribution in [0.4, 0.5) is 0 Å². The van der Waals surface area contributed by atoms with Crippen molar-refractivity contribution in [3.8, 4) is 0 Å². The summed E-state index contributed by atoms with van der Waals surface area (Å²) in [4.78, 5) is 39.2. The number of esters is 3. The molecule has 1 rings (SSSR count). The predicted octanol–water partition coefficient (Wildman–Crippen LogP) is 3.21. The average molecular weight is 457 g/mol. The van der Waals surface area contributed by atoms with Crippen LogP contribution in [0.5, 0.6) is 0 Å². The summed E-state index contributed by atoms with van der Waals surface area (Å²) in [7, 11) is 0. The highest BCUT2D eigenvalue weighted by atomic mass is 16.6. The minimum atomic E-state index is -0.615. The minimum absolute atomic E-state index is 0.0220. The van der Waals surface area contributed by atoms with Crippen molar-refractivity contribution in [1.29, 1.82) is 0 Å². The number of hydrogen-bond donors (Lipinski definition) is 1. The van der Waals surface area contributed by atoms with Crippen molar-refractivity contribution in [3.63, 3.8) is 0 Å². The normalized spacial score (nSPS) is 20.1. The number of rotatable bonds is 8. The van der Waals surface area contributed by atoms with Crippen LogP contribution in [0.2, 0.25) is 0 Å². The molecule has 1 fully saturated rings. The highest BCUT2D eigenvalue weighted by Crippen LogP contribution is 2.24. The molecule has 8 heteroatoms. The molecular weight excluding hydrogens is 412 g/mol. The molecule has 32 heavy (non-hydrogen) atoms. The molecule has 1 saturated carbocycles. The fraction of sp³-hybridized carbons (Fsp3) is 0.875. The quantitative estimate of drug-likeness (QED) is 0.440. The van der Waals surface area contributed by atoms with Gasteiger partial charge in [0, 0.05) is 12.1 Å². The van der Waals surface area contributed by atoms with Crippen molar-refractivity contribution in [3.05, 3.63) is 0 Å². The van der Waals surface area contributed by atoms with Crippen molar-refractivity contribution >= 4 is 17.9 Å². The zero-order chi connectivity index (χ0) is 24.7. The number of hydrogen-bond acceptors (Lipinski definition) is 8. The molecule has 1 aliphatic rings. The minimum Gasteiger partial charge on any atom is -0.459 e. The molecule has 1 aliphatic carbocycles. The Hall–Kier alpha value is -1.67. The first kappa shape index (κ1) is 28.4. The van der Waals surface area contributed by atoms with E-state index in [-0.39, 0.29) is 37.7 Å². The molecule has 2 atom stereocenters. The van der Waals surface area contributed by atoms with Crippen LogP contribution in [0.3, 0.4) is 0 Å². The Morgan fingerprint density at radius 3 is 1.56 bits per heavy atom. The third kappa shape index (κ3) is 12.4. The van der Waals surface area contributed by atoms with Crippen molar-refractivity contribution < 1.29 is 28.6 Å². The summed E-state index contributed by atoms with van der Waals surface area (Å²) in [6.07, 6.45) is 3.63. The lowest BCUT2D eigenvalue weighted by atomic mass is 9.89. The van der Waals surface area contributed by atoms with Crippen LogP contribution >= 0.6 is 0 Å². The van der Waals surface area contributed by atoms with Crippen LogP contribution in [0.1, 0.15) is 88.0 Å². The van der Waals surface area contributed by atoms with Crippen molar-refractivity contribution in [2.45, 2.75) is 117 Å². The van der Waals surface area contributed by atoms with Crippen LogP contribution in [0.15, 0.2) is 0 Å². The largest absolute Gasteiger partial charge is 0.459 e. The zero-order valence-electron chi connectivity index (χ0n) is 21.5. The van der Waals surface area contributed by atoms with E-state index in [0.717, 1.165) is 25.7 Å². The van der Waals surface area contributed by atoms with E-state index in [1.54, 1.807) is 0 Å². The molecule has 0 spiro atoms. The van der Waals surface area contributed by atoms with Crippen molar-refractivity contribution in [1.82, 2.24) is 10.2 Å². The van der Waals surface area contributed by atoms with Gasteiger partial charge in [-0.05, 0) is 75.2 Å². The van der Waals surface area contributed by atoms with Gasteiger partial charge in [-0.25, -0.2) is 0 Å². The number of carbonyl (C=O) groups is 3. The maximum Gasteiger partial charge on any atom is 0.320 e. The molecule has 0 saturated heterocycles. The second kappa shape index (κ2) is 11.5. The Bertz CT molecular complexity index is 612. The monoisotopic (exact) mass is 456 g/mol. The molecule has 0 radical (unpaired) electrons. The van der Waals surface area contributed by atoms with E-state index in [4.69, 9.17) is 14.2 Å². The summed E-state index contributed by atoms with van der Waals surface area (Å²) < 4.78 is 16.4. The van der Waals surface area contributed by atoms with E-state index in [1.807, 2.05) is 67.2 Å². The maximum absolute atomic E-state index is 12.6. The maximum atomic E-state index is 12.6. The Balaban J connectivity index is 2.94. The number of nitrogens with one attached hydrogen (secondary N) is 1. The standard InChI is InChI=1S/C24H44N2O6/c1-22(2,3)30-19(27)14-25-17-12-10-11-13-18(17)26(15-20(28)31-23(4,5)6)16-21(29)32-24(7,8)9/h17-18,25H,10-16H2,1-9H3.